The van der Waals surface area contributed by atoms with Crippen LogP contribution >= 0.6 is 0 Å². The van der Waals surface area contributed by atoms with Gasteiger partial charge in [-0.2, -0.15) is 0 Å². The summed E-state index contributed by atoms with van der Waals surface area (Å²) in [6, 6.07) is 3.07. The first-order valence-electron chi connectivity index (χ1n) is 9.08. The van der Waals surface area contributed by atoms with E-state index in [1.807, 2.05) is 7.05 Å². The number of hydrogen-bond donors (Lipinski definition) is 2. The number of anilines is 1. The Labute approximate surface area is 152 Å². The van der Waals surface area contributed by atoms with Crippen LogP contribution in [0.3, 0.4) is 0 Å². The molecule has 0 spiro atoms. The van der Waals surface area contributed by atoms with E-state index in [0.717, 1.165) is 18.4 Å². The first kappa shape index (κ1) is 20.2. The summed E-state index contributed by atoms with van der Waals surface area (Å²) in [5.74, 6) is 0.402. The van der Waals surface area contributed by atoms with Gasteiger partial charge < -0.3 is 20.2 Å². The molecule has 0 unspecified atom stereocenters. The summed E-state index contributed by atoms with van der Waals surface area (Å²) in [6.45, 7) is 12.1. The van der Waals surface area contributed by atoms with Crippen molar-refractivity contribution in [3.05, 3.63) is 23.5 Å². The van der Waals surface area contributed by atoms with Crippen LogP contribution in [0.25, 0.3) is 0 Å². The molecule has 1 atom stereocenters. The van der Waals surface area contributed by atoms with Gasteiger partial charge in [-0.15, -0.1) is 0 Å². The molecule has 6 heteroatoms. The van der Waals surface area contributed by atoms with Gasteiger partial charge in [0.2, 0.25) is 0 Å². The molecule has 3 N–H and O–H groups in total. The fourth-order valence-corrected chi connectivity index (χ4v) is 3.98. The van der Waals surface area contributed by atoms with Crippen LogP contribution in [0.1, 0.15) is 39.2 Å². The zero-order valence-corrected chi connectivity index (χ0v) is 17.4. The van der Waals surface area contributed by atoms with Crippen molar-refractivity contribution in [2.24, 2.45) is 5.92 Å². The molecular formula is C19H33FN2O2Si. The number of ether oxygens (including phenoxy) is 1. The van der Waals surface area contributed by atoms with Crippen LogP contribution in [-0.2, 0) is 11.0 Å². The fraction of sp³-hybridized carbons (Fsp3) is 0.684. The van der Waals surface area contributed by atoms with Crippen LogP contribution in [0.4, 0.5) is 10.1 Å². The molecule has 1 saturated carbocycles. The summed E-state index contributed by atoms with van der Waals surface area (Å²) in [4.78, 5) is 0. The summed E-state index contributed by atoms with van der Waals surface area (Å²) in [7, 11) is -0.0685. The summed E-state index contributed by atoms with van der Waals surface area (Å²) in [5, 5.41) is 3.18. The minimum atomic E-state index is -1.89. The van der Waals surface area contributed by atoms with Gasteiger partial charge in [0.1, 0.15) is 6.61 Å². The van der Waals surface area contributed by atoms with Crippen molar-refractivity contribution in [2.75, 3.05) is 19.4 Å². The van der Waals surface area contributed by atoms with E-state index in [0.29, 0.717) is 24.8 Å². The van der Waals surface area contributed by atoms with E-state index in [1.54, 1.807) is 6.07 Å². The van der Waals surface area contributed by atoms with Crippen molar-refractivity contribution in [2.45, 2.75) is 64.4 Å². The van der Waals surface area contributed by atoms with Crippen molar-refractivity contribution in [3.8, 4) is 5.75 Å². The molecule has 0 amide bonds. The van der Waals surface area contributed by atoms with Crippen LogP contribution in [0.15, 0.2) is 12.1 Å². The average Bonchev–Trinajstić information content (AvgIpc) is 3.28. The molecule has 1 aliphatic rings. The third kappa shape index (κ3) is 5.18. The van der Waals surface area contributed by atoms with E-state index in [2.05, 4.69) is 39.2 Å². The first-order chi connectivity index (χ1) is 11.5. The molecule has 1 fully saturated rings. The Hall–Kier alpha value is -1.11. The Balaban J connectivity index is 2.12. The number of halogens is 1. The third-order valence-electron chi connectivity index (χ3n) is 5.30. The number of nitrogens with two attached hydrogens (primary N) is 1. The van der Waals surface area contributed by atoms with Gasteiger partial charge in [0.15, 0.2) is 19.9 Å². The number of hydrogen-bond acceptors (Lipinski definition) is 4. The summed E-state index contributed by atoms with van der Waals surface area (Å²) < 4.78 is 26.9. The normalized spacial score (nSPS) is 16.8. The van der Waals surface area contributed by atoms with Gasteiger partial charge in [-0.05, 0) is 50.0 Å². The lowest BCUT2D eigenvalue weighted by atomic mass is 10.1. The van der Waals surface area contributed by atoms with E-state index < -0.39 is 14.1 Å². The molecule has 25 heavy (non-hydrogen) atoms. The number of benzene rings is 1. The fourth-order valence-electron chi connectivity index (χ4n) is 2.61. The second kappa shape index (κ2) is 7.64. The van der Waals surface area contributed by atoms with Crippen LogP contribution in [-0.4, -0.2) is 28.1 Å². The summed E-state index contributed by atoms with van der Waals surface area (Å²) in [5.41, 5.74) is 6.91. The highest BCUT2D eigenvalue weighted by Gasteiger charge is 2.43. The van der Waals surface area contributed by atoms with E-state index in [1.165, 1.54) is 6.07 Å². The van der Waals surface area contributed by atoms with Crippen LogP contribution in [0, 0.1) is 11.7 Å². The highest BCUT2D eigenvalue weighted by atomic mass is 28.4. The van der Waals surface area contributed by atoms with Gasteiger partial charge in [-0.25, -0.2) is 4.39 Å². The lowest BCUT2D eigenvalue weighted by Gasteiger charge is -2.39. The standard InChI is InChI=1S/C19H33FN2O2Si/c1-19(2,3)25(5,6)24-17(13-7-8-13)12-23-18-14(11-22-4)9-15(21)10-16(18)20/h9-10,13,17,22H,7-8,11-12,21H2,1-6H3/t17-/m1/s1. The van der Waals surface area contributed by atoms with Crippen molar-refractivity contribution in [3.63, 3.8) is 0 Å². The lowest BCUT2D eigenvalue weighted by Crippen LogP contribution is -2.46. The number of nitrogen functional groups attached to an aromatic ring is 1. The van der Waals surface area contributed by atoms with Gasteiger partial charge >= 0.3 is 0 Å². The minimum Gasteiger partial charge on any atom is -0.488 e. The second-order valence-corrected chi connectivity index (χ2v) is 13.3. The Morgan fingerprint density at radius 3 is 2.48 bits per heavy atom. The number of nitrogens with one attached hydrogen (secondary N) is 1. The Morgan fingerprint density at radius 2 is 1.96 bits per heavy atom. The largest absolute Gasteiger partial charge is 0.488 e. The zero-order valence-electron chi connectivity index (χ0n) is 16.4. The maximum Gasteiger partial charge on any atom is 0.192 e. The van der Waals surface area contributed by atoms with Crippen molar-refractivity contribution < 1.29 is 13.6 Å². The van der Waals surface area contributed by atoms with Crippen LogP contribution in [0.2, 0.25) is 18.1 Å². The maximum absolute atomic E-state index is 14.4. The third-order valence-corrected chi connectivity index (χ3v) is 9.81. The van der Waals surface area contributed by atoms with E-state index >= 15 is 0 Å². The minimum absolute atomic E-state index is 0.0280. The van der Waals surface area contributed by atoms with Gasteiger partial charge in [-0.1, -0.05) is 20.8 Å². The molecule has 0 bridgehead atoms. The molecule has 142 valence electrons. The first-order valence-corrected chi connectivity index (χ1v) is 12.0. The van der Waals surface area contributed by atoms with Gasteiger partial charge in [0.25, 0.3) is 0 Å². The molecule has 0 saturated heterocycles. The molecule has 1 aromatic rings. The average molecular weight is 369 g/mol. The maximum atomic E-state index is 14.4. The smallest absolute Gasteiger partial charge is 0.192 e. The molecule has 1 aliphatic carbocycles. The molecule has 2 rings (SSSR count). The highest BCUT2D eigenvalue weighted by molar-refractivity contribution is 6.74. The zero-order chi connectivity index (χ0) is 18.8. The molecule has 0 radical (unpaired) electrons. The molecule has 1 aromatic carbocycles. The van der Waals surface area contributed by atoms with Gasteiger partial charge in [0, 0.05) is 23.9 Å². The predicted molar refractivity (Wildman–Crippen MR) is 104 cm³/mol. The van der Waals surface area contributed by atoms with E-state index in [9.17, 15) is 4.39 Å². The van der Waals surface area contributed by atoms with E-state index in [4.69, 9.17) is 14.9 Å². The molecular weight excluding hydrogens is 335 g/mol. The SMILES string of the molecule is CNCc1cc(N)cc(F)c1OC[C@@H](O[Si](C)(C)C(C)(C)C)C1CC1. The predicted octanol–water partition coefficient (Wildman–Crippen LogP) is 4.31. The Morgan fingerprint density at radius 1 is 1.32 bits per heavy atom. The quantitative estimate of drug-likeness (QED) is 0.530. The molecule has 0 aliphatic heterocycles. The second-order valence-electron chi connectivity index (χ2n) is 8.59. The molecule has 0 heterocycles. The van der Waals surface area contributed by atoms with Crippen molar-refractivity contribution in [1.29, 1.82) is 0 Å². The van der Waals surface area contributed by atoms with Crippen molar-refractivity contribution >= 4 is 14.0 Å². The Kier molecular flexibility index (Phi) is 6.17. The highest BCUT2D eigenvalue weighted by Crippen LogP contribution is 2.42. The van der Waals surface area contributed by atoms with E-state index in [-0.39, 0.29) is 16.9 Å². The lowest BCUT2D eigenvalue weighted by molar-refractivity contribution is 0.0948. The molecule has 4 nitrogen and oxygen atoms in total. The summed E-state index contributed by atoms with van der Waals surface area (Å²) >= 11 is 0. The van der Waals surface area contributed by atoms with Crippen LogP contribution < -0.4 is 15.8 Å². The Bertz CT molecular complexity index is 598. The van der Waals surface area contributed by atoms with Crippen molar-refractivity contribution in [1.82, 2.24) is 5.32 Å². The molecule has 0 aromatic heterocycles. The van der Waals surface area contributed by atoms with Gasteiger partial charge in [-0.3, -0.25) is 0 Å². The monoisotopic (exact) mass is 368 g/mol. The van der Waals surface area contributed by atoms with Crippen LogP contribution in [0.5, 0.6) is 5.75 Å². The topological polar surface area (TPSA) is 56.5 Å². The number of rotatable bonds is 8. The summed E-state index contributed by atoms with van der Waals surface area (Å²) in [6.07, 6.45) is 2.35. The van der Waals surface area contributed by atoms with Gasteiger partial charge in [0.05, 0.1) is 6.10 Å².